The zero-order valence-corrected chi connectivity index (χ0v) is 9.07. The number of hydrogen-bond acceptors (Lipinski definition) is 3. The van der Waals surface area contributed by atoms with Crippen LogP contribution >= 0.6 is 15.9 Å². The fraction of sp³-hybridized carbons (Fsp3) is 0.200. The Morgan fingerprint density at radius 1 is 1.29 bits per heavy atom. The van der Waals surface area contributed by atoms with Crippen molar-refractivity contribution in [3.63, 3.8) is 0 Å². The molecule has 0 aliphatic heterocycles. The van der Waals surface area contributed by atoms with Gasteiger partial charge >= 0.3 is 0 Å². The fourth-order valence-corrected chi connectivity index (χ4v) is 1.70. The highest BCUT2D eigenvalue weighted by Gasteiger charge is 2.00. The van der Waals surface area contributed by atoms with E-state index in [1.807, 2.05) is 12.1 Å². The second-order valence-electron chi connectivity index (χ2n) is 2.96. The van der Waals surface area contributed by atoms with Crippen molar-refractivity contribution in [2.24, 2.45) is 0 Å². The molecule has 0 aliphatic rings. The number of nitrogens with zero attached hydrogens (tertiary/aromatic N) is 2. The molecule has 0 atom stereocenters. The molecular weight excluding hydrogens is 244 g/mol. The molecule has 2 aromatic rings. The van der Waals surface area contributed by atoms with Crippen LogP contribution in [0.5, 0.6) is 0 Å². The first kappa shape index (κ1) is 9.40. The fourth-order valence-electron chi connectivity index (χ4n) is 1.25. The van der Waals surface area contributed by atoms with Crippen LogP contribution in [0.3, 0.4) is 0 Å². The first-order chi connectivity index (χ1) is 6.84. The maximum Gasteiger partial charge on any atom is 0.216 e. The van der Waals surface area contributed by atoms with Gasteiger partial charge in [0.15, 0.2) is 0 Å². The summed E-state index contributed by atoms with van der Waals surface area (Å²) in [6, 6.07) is 8.21. The Morgan fingerprint density at radius 3 is 2.93 bits per heavy atom. The molecule has 0 amide bonds. The van der Waals surface area contributed by atoms with E-state index in [9.17, 15) is 0 Å². The van der Waals surface area contributed by atoms with Crippen LogP contribution in [0.2, 0.25) is 0 Å². The van der Waals surface area contributed by atoms with E-state index in [1.54, 1.807) is 0 Å². The van der Waals surface area contributed by atoms with E-state index in [0.29, 0.717) is 5.89 Å². The summed E-state index contributed by atoms with van der Waals surface area (Å²) in [5, 5.41) is 7.45. The summed E-state index contributed by atoms with van der Waals surface area (Å²) in [5.41, 5.74) is 1.26. The highest BCUT2D eigenvalue weighted by molar-refractivity contribution is 9.10. The average molecular weight is 253 g/mol. The molecule has 0 unspecified atom stereocenters. The van der Waals surface area contributed by atoms with Crippen LogP contribution in [0, 0.1) is 0 Å². The lowest BCUT2D eigenvalue weighted by Gasteiger charge is -1.98. The lowest BCUT2D eigenvalue weighted by molar-refractivity contribution is 0.492. The van der Waals surface area contributed by atoms with E-state index in [2.05, 4.69) is 38.3 Å². The molecule has 0 N–H and O–H groups in total. The number of benzene rings is 1. The topological polar surface area (TPSA) is 38.9 Å². The third-order valence-electron chi connectivity index (χ3n) is 1.92. The van der Waals surface area contributed by atoms with Crippen molar-refractivity contribution in [3.8, 4) is 0 Å². The molecule has 0 fully saturated rings. The van der Waals surface area contributed by atoms with Crippen LogP contribution in [0.25, 0.3) is 0 Å². The lowest BCUT2D eigenvalue weighted by Crippen LogP contribution is -1.91. The maximum absolute atomic E-state index is 5.05. The molecule has 0 saturated carbocycles. The molecule has 1 heterocycles. The Hall–Kier alpha value is -1.16. The summed E-state index contributed by atoms with van der Waals surface area (Å²) in [6.45, 7) is 0. The number of aryl methyl sites for hydroxylation is 2. The highest BCUT2D eigenvalue weighted by atomic mass is 79.9. The van der Waals surface area contributed by atoms with Crippen LogP contribution in [0.4, 0.5) is 0 Å². The van der Waals surface area contributed by atoms with E-state index in [-0.39, 0.29) is 0 Å². The van der Waals surface area contributed by atoms with Gasteiger partial charge in [0.1, 0.15) is 0 Å². The van der Waals surface area contributed by atoms with Crippen molar-refractivity contribution in [1.82, 2.24) is 10.2 Å². The minimum atomic E-state index is 0.685. The summed E-state index contributed by atoms with van der Waals surface area (Å²) in [5.74, 6) is 0.685. The van der Waals surface area contributed by atoms with E-state index in [1.165, 1.54) is 12.0 Å². The molecule has 0 spiro atoms. The number of rotatable bonds is 3. The molecule has 72 valence electrons. The van der Waals surface area contributed by atoms with Gasteiger partial charge in [0.2, 0.25) is 12.3 Å². The Morgan fingerprint density at radius 2 is 2.21 bits per heavy atom. The molecule has 3 nitrogen and oxygen atoms in total. The Balaban J connectivity index is 1.98. The van der Waals surface area contributed by atoms with Crippen molar-refractivity contribution in [3.05, 3.63) is 46.6 Å². The van der Waals surface area contributed by atoms with Gasteiger partial charge in [-0.05, 0) is 24.1 Å². The minimum Gasteiger partial charge on any atom is -0.428 e. The summed E-state index contributed by atoms with van der Waals surface area (Å²) < 4.78 is 6.15. The Labute approximate surface area is 90.3 Å². The van der Waals surface area contributed by atoms with Crippen LogP contribution in [-0.4, -0.2) is 10.2 Å². The normalized spacial score (nSPS) is 10.4. The minimum absolute atomic E-state index is 0.685. The quantitative estimate of drug-likeness (QED) is 0.843. The first-order valence-electron chi connectivity index (χ1n) is 4.34. The second kappa shape index (κ2) is 4.37. The molecule has 1 aromatic carbocycles. The average Bonchev–Trinajstić information content (AvgIpc) is 2.67. The molecule has 0 saturated heterocycles. The largest absolute Gasteiger partial charge is 0.428 e. The molecule has 0 bridgehead atoms. The monoisotopic (exact) mass is 252 g/mol. The third-order valence-corrected chi connectivity index (χ3v) is 2.41. The highest BCUT2D eigenvalue weighted by Crippen LogP contribution is 2.13. The summed E-state index contributed by atoms with van der Waals surface area (Å²) in [7, 11) is 0. The van der Waals surface area contributed by atoms with Crippen LogP contribution in [0.1, 0.15) is 11.5 Å². The van der Waals surface area contributed by atoms with Crippen LogP contribution in [-0.2, 0) is 12.8 Å². The maximum atomic E-state index is 5.05. The number of hydrogen-bond donors (Lipinski definition) is 0. The number of aromatic nitrogens is 2. The van der Waals surface area contributed by atoms with Gasteiger partial charge in [0.05, 0.1) is 0 Å². The zero-order chi connectivity index (χ0) is 9.80. The van der Waals surface area contributed by atoms with Crippen molar-refractivity contribution in [1.29, 1.82) is 0 Å². The Bertz CT molecular complexity index is 400. The second-order valence-corrected chi connectivity index (χ2v) is 3.88. The smallest absolute Gasteiger partial charge is 0.216 e. The van der Waals surface area contributed by atoms with Crippen LogP contribution in [0.15, 0.2) is 39.5 Å². The predicted octanol–water partition coefficient (Wildman–Crippen LogP) is 2.62. The van der Waals surface area contributed by atoms with Crippen molar-refractivity contribution in [2.45, 2.75) is 12.8 Å². The molecule has 1 aromatic heterocycles. The van der Waals surface area contributed by atoms with Gasteiger partial charge in [-0.1, -0.05) is 28.1 Å². The molecule has 0 aliphatic carbocycles. The van der Waals surface area contributed by atoms with Crippen molar-refractivity contribution < 1.29 is 4.42 Å². The van der Waals surface area contributed by atoms with Gasteiger partial charge < -0.3 is 4.42 Å². The van der Waals surface area contributed by atoms with E-state index < -0.39 is 0 Å². The molecule has 4 heteroatoms. The van der Waals surface area contributed by atoms with Gasteiger partial charge in [-0.3, -0.25) is 0 Å². The first-order valence-corrected chi connectivity index (χ1v) is 5.13. The molecule has 14 heavy (non-hydrogen) atoms. The molecule has 0 radical (unpaired) electrons. The predicted molar refractivity (Wildman–Crippen MR) is 55.8 cm³/mol. The SMILES string of the molecule is Brc1cccc(CCc2nnco2)c1. The van der Waals surface area contributed by atoms with E-state index in [4.69, 9.17) is 4.42 Å². The molecular formula is C10H9BrN2O. The van der Waals surface area contributed by atoms with E-state index >= 15 is 0 Å². The van der Waals surface area contributed by atoms with Gasteiger partial charge in [0.25, 0.3) is 0 Å². The van der Waals surface area contributed by atoms with Gasteiger partial charge in [-0.15, -0.1) is 10.2 Å². The van der Waals surface area contributed by atoms with Crippen molar-refractivity contribution in [2.75, 3.05) is 0 Å². The van der Waals surface area contributed by atoms with Gasteiger partial charge in [-0.2, -0.15) is 0 Å². The lowest BCUT2D eigenvalue weighted by atomic mass is 10.1. The van der Waals surface area contributed by atoms with Gasteiger partial charge in [0, 0.05) is 10.9 Å². The Kier molecular flexibility index (Phi) is 2.93. The summed E-state index contributed by atoms with van der Waals surface area (Å²) in [4.78, 5) is 0. The standard InChI is InChI=1S/C10H9BrN2O/c11-9-3-1-2-8(6-9)4-5-10-13-12-7-14-10/h1-3,6-7H,4-5H2. The molecule has 2 rings (SSSR count). The third kappa shape index (κ3) is 2.42. The summed E-state index contributed by atoms with van der Waals surface area (Å²) >= 11 is 3.43. The zero-order valence-electron chi connectivity index (χ0n) is 7.48. The van der Waals surface area contributed by atoms with Crippen molar-refractivity contribution >= 4 is 15.9 Å². The summed E-state index contributed by atoms with van der Waals surface area (Å²) in [6.07, 6.45) is 3.06. The number of halogens is 1. The van der Waals surface area contributed by atoms with Gasteiger partial charge in [-0.25, -0.2) is 0 Å². The van der Waals surface area contributed by atoms with Crippen LogP contribution < -0.4 is 0 Å². The van der Waals surface area contributed by atoms with E-state index in [0.717, 1.165) is 17.3 Å².